The predicted molar refractivity (Wildman–Crippen MR) is 109 cm³/mol. The Labute approximate surface area is 171 Å². The minimum absolute atomic E-state index is 0.0497. The highest BCUT2D eigenvalue weighted by molar-refractivity contribution is 6.24. The van der Waals surface area contributed by atoms with Crippen LogP contribution in [0.5, 0.6) is 11.5 Å². The molecule has 1 unspecified atom stereocenters. The number of benzene rings is 1. The van der Waals surface area contributed by atoms with Gasteiger partial charge in [-0.25, -0.2) is 0 Å². The number of amidine groups is 1. The quantitative estimate of drug-likeness (QED) is 0.808. The molecule has 0 spiro atoms. The number of fused-ring (bicyclic) bond motifs is 1. The van der Waals surface area contributed by atoms with Gasteiger partial charge in [-0.2, -0.15) is 24.9 Å². The van der Waals surface area contributed by atoms with Gasteiger partial charge in [-0.1, -0.05) is 0 Å². The Balaban J connectivity index is 1.66. The monoisotopic (exact) mass is 409 g/mol. The first kappa shape index (κ1) is 19.3. The number of nitrogens with one attached hydrogen (secondary N) is 1. The molecule has 154 valence electrons. The number of carbonyl (C=O) groups excluding carboxylic acids is 2. The van der Waals surface area contributed by atoms with Crippen molar-refractivity contribution in [3.8, 4) is 11.5 Å². The molecule has 0 radical (unpaired) electrons. The van der Waals surface area contributed by atoms with Crippen LogP contribution in [-0.2, 0) is 4.79 Å². The van der Waals surface area contributed by atoms with E-state index in [4.69, 9.17) is 9.47 Å². The number of methoxy groups -OCH3 is 2. The van der Waals surface area contributed by atoms with E-state index < -0.39 is 17.7 Å². The Morgan fingerprint density at radius 2 is 1.97 bits per heavy atom. The van der Waals surface area contributed by atoms with Gasteiger partial charge in [-0.15, -0.1) is 0 Å². The summed E-state index contributed by atoms with van der Waals surface area (Å²) >= 11 is 0. The number of nitrogens with zero attached hydrogens (tertiary/aromatic N) is 6. The van der Waals surface area contributed by atoms with E-state index in [1.54, 1.807) is 38.2 Å². The second-order valence-electron chi connectivity index (χ2n) is 6.59. The van der Waals surface area contributed by atoms with Gasteiger partial charge in [0.25, 0.3) is 17.8 Å². The summed E-state index contributed by atoms with van der Waals surface area (Å²) in [6.45, 7) is 1.76. The SMILES string of the molecule is COc1ccc(C(=O)Nc2cc(C)nn2C2=NC(=O)C3C=NN(C)C3=N2)c(OC)c1. The van der Waals surface area contributed by atoms with Crippen LogP contribution in [0.3, 0.4) is 0 Å². The zero-order valence-electron chi connectivity index (χ0n) is 16.8. The van der Waals surface area contributed by atoms with E-state index in [-0.39, 0.29) is 5.96 Å². The van der Waals surface area contributed by atoms with Gasteiger partial charge in [-0.05, 0) is 19.1 Å². The maximum atomic E-state index is 12.9. The molecule has 2 amide bonds. The summed E-state index contributed by atoms with van der Waals surface area (Å²) in [5.74, 6) is 0.306. The van der Waals surface area contributed by atoms with Crippen LogP contribution in [0, 0.1) is 12.8 Å². The average molecular weight is 409 g/mol. The summed E-state index contributed by atoms with van der Waals surface area (Å²) < 4.78 is 11.8. The van der Waals surface area contributed by atoms with E-state index >= 15 is 0 Å². The molecule has 1 N–H and O–H groups in total. The molecule has 0 saturated heterocycles. The Hall–Kier alpha value is -4.02. The summed E-state index contributed by atoms with van der Waals surface area (Å²) in [4.78, 5) is 33.7. The molecule has 2 aliphatic heterocycles. The Morgan fingerprint density at radius 3 is 2.70 bits per heavy atom. The van der Waals surface area contributed by atoms with Crippen molar-refractivity contribution in [1.29, 1.82) is 0 Å². The summed E-state index contributed by atoms with van der Waals surface area (Å²) in [6, 6.07) is 6.52. The number of aryl methyl sites for hydroxylation is 1. The number of carbonyl (C=O) groups is 2. The zero-order valence-corrected chi connectivity index (χ0v) is 16.8. The third-order valence-corrected chi connectivity index (χ3v) is 4.61. The molecule has 1 atom stereocenters. The molecule has 30 heavy (non-hydrogen) atoms. The van der Waals surface area contributed by atoms with Crippen molar-refractivity contribution in [3.63, 3.8) is 0 Å². The van der Waals surface area contributed by atoms with Gasteiger partial charge in [0, 0.05) is 25.4 Å². The van der Waals surface area contributed by atoms with Crippen molar-refractivity contribution in [3.05, 3.63) is 35.5 Å². The first-order valence-corrected chi connectivity index (χ1v) is 9.00. The maximum absolute atomic E-state index is 12.9. The second kappa shape index (κ2) is 7.43. The fourth-order valence-corrected chi connectivity index (χ4v) is 3.11. The number of hydrazone groups is 1. The molecular weight excluding hydrogens is 390 g/mol. The number of amides is 2. The molecule has 4 rings (SSSR count). The number of aliphatic imine (C=N–C) groups is 2. The number of hydrogen-bond donors (Lipinski definition) is 1. The first-order valence-electron chi connectivity index (χ1n) is 9.00. The molecule has 0 fully saturated rings. The summed E-state index contributed by atoms with van der Waals surface area (Å²) in [5, 5.41) is 12.7. The molecule has 0 bridgehead atoms. The van der Waals surface area contributed by atoms with Crippen molar-refractivity contribution in [2.75, 3.05) is 26.6 Å². The van der Waals surface area contributed by atoms with Crippen LogP contribution in [0.4, 0.5) is 5.82 Å². The van der Waals surface area contributed by atoms with Gasteiger partial charge in [0.1, 0.15) is 29.1 Å². The third kappa shape index (κ3) is 3.30. The lowest BCUT2D eigenvalue weighted by molar-refractivity contribution is -0.118. The van der Waals surface area contributed by atoms with Gasteiger partial charge >= 0.3 is 0 Å². The average Bonchev–Trinajstić information content (AvgIpc) is 3.30. The molecule has 2 aliphatic rings. The Morgan fingerprint density at radius 1 is 1.17 bits per heavy atom. The van der Waals surface area contributed by atoms with Crippen LogP contribution in [0.1, 0.15) is 16.1 Å². The normalized spacial score (nSPS) is 17.4. The smallest absolute Gasteiger partial charge is 0.265 e. The van der Waals surface area contributed by atoms with Gasteiger partial charge in [0.05, 0.1) is 25.5 Å². The molecule has 1 aromatic heterocycles. The predicted octanol–water partition coefficient (Wildman–Crippen LogP) is 1.15. The van der Waals surface area contributed by atoms with Crippen molar-refractivity contribution < 1.29 is 19.1 Å². The van der Waals surface area contributed by atoms with E-state index in [2.05, 4.69) is 25.5 Å². The van der Waals surface area contributed by atoms with Crippen LogP contribution in [-0.4, -0.2) is 65.9 Å². The highest BCUT2D eigenvalue weighted by Gasteiger charge is 2.35. The molecule has 3 heterocycles. The van der Waals surface area contributed by atoms with Crippen LogP contribution in [0.15, 0.2) is 39.4 Å². The molecular formula is C19H19N7O4. The Kier molecular flexibility index (Phi) is 4.78. The molecule has 0 aliphatic carbocycles. The maximum Gasteiger partial charge on any atom is 0.265 e. The standard InChI is InChI=1S/C19H19N7O4/c1-10-7-15(21-17(27)12-6-5-11(29-3)8-14(12)30-4)26(24-10)19-22-16-13(18(28)23-19)9-20-25(16)2/h5-9,13H,1-4H3,(H,21,27). The summed E-state index contributed by atoms with van der Waals surface area (Å²) in [5.41, 5.74) is 0.918. The topological polar surface area (TPSA) is 123 Å². The number of hydrogen-bond acceptors (Lipinski definition) is 8. The Bertz CT molecular complexity index is 1130. The fraction of sp³-hybridized carbons (Fsp3) is 0.263. The highest BCUT2D eigenvalue weighted by atomic mass is 16.5. The summed E-state index contributed by atoms with van der Waals surface area (Å²) in [6.07, 6.45) is 1.49. The van der Waals surface area contributed by atoms with Crippen LogP contribution in [0.2, 0.25) is 0 Å². The lowest BCUT2D eigenvalue weighted by Gasteiger charge is -2.17. The van der Waals surface area contributed by atoms with Gasteiger partial charge < -0.3 is 14.8 Å². The molecule has 1 aromatic carbocycles. The highest BCUT2D eigenvalue weighted by Crippen LogP contribution is 2.26. The minimum Gasteiger partial charge on any atom is -0.497 e. The van der Waals surface area contributed by atoms with Crippen LogP contribution in [0.25, 0.3) is 0 Å². The van der Waals surface area contributed by atoms with E-state index in [0.717, 1.165) is 0 Å². The van der Waals surface area contributed by atoms with Crippen molar-refractivity contribution in [2.24, 2.45) is 21.0 Å². The largest absolute Gasteiger partial charge is 0.497 e. The number of rotatable bonds is 4. The van der Waals surface area contributed by atoms with E-state index in [1.807, 2.05) is 0 Å². The molecule has 11 heteroatoms. The molecule has 0 saturated carbocycles. The number of ether oxygens (including phenoxy) is 2. The zero-order chi connectivity index (χ0) is 21.4. The first-order chi connectivity index (χ1) is 14.4. The molecule has 11 nitrogen and oxygen atoms in total. The van der Waals surface area contributed by atoms with Gasteiger partial charge in [0.15, 0.2) is 0 Å². The summed E-state index contributed by atoms with van der Waals surface area (Å²) in [7, 11) is 4.69. The van der Waals surface area contributed by atoms with Crippen molar-refractivity contribution in [1.82, 2.24) is 14.8 Å². The number of aromatic nitrogens is 2. The van der Waals surface area contributed by atoms with Crippen molar-refractivity contribution >= 4 is 35.6 Å². The second-order valence-corrected chi connectivity index (χ2v) is 6.59. The fourth-order valence-electron chi connectivity index (χ4n) is 3.11. The number of anilines is 1. The molecule has 2 aromatic rings. The third-order valence-electron chi connectivity index (χ3n) is 4.61. The van der Waals surface area contributed by atoms with E-state index in [9.17, 15) is 9.59 Å². The van der Waals surface area contributed by atoms with E-state index in [1.165, 1.54) is 30.1 Å². The van der Waals surface area contributed by atoms with E-state index in [0.29, 0.717) is 34.4 Å². The minimum atomic E-state index is -0.600. The lowest BCUT2D eigenvalue weighted by atomic mass is 10.1. The van der Waals surface area contributed by atoms with Crippen LogP contribution < -0.4 is 14.8 Å². The van der Waals surface area contributed by atoms with Crippen molar-refractivity contribution in [2.45, 2.75) is 6.92 Å². The van der Waals surface area contributed by atoms with Crippen LogP contribution >= 0.6 is 0 Å². The van der Waals surface area contributed by atoms with Gasteiger partial charge in [0.2, 0.25) is 0 Å². The van der Waals surface area contributed by atoms with Gasteiger partial charge in [-0.3, -0.25) is 14.6 Å². The lowest BCUT2D eigenvalue weighted by Crippen LogP contribution is -2.35.